The molecule has 0 aliphatic rings. The van der Waals surface area contributed by atoms with Crippen LogP contribution in [0.25, 0.3) is 0 Å². The van der Waals surface area contributed by atoms with Crippen LogP contribution in [-0.4, -0.2) is 18.3 Å². The van der Waals surface area contributed by atoms with Gasteiger partial charge in [0.1, 0.15) is 11.8 Å². The zero-order valence-electron chi connectivity index (χ0n) is 11.3. The van der Waals surface area contributed by atoms with Gasteiger partial charge in [0.25, 0.3) is 0 Å². The first-order valence-electron chi connectivity index (χ1n) is 6.35. The number of carbonyl (C=O) groups is 1. The molecule has 21 heavy (non-hydrogen) atoms. The smallest absolute Gasteiger partial charge is 0.234 e. The van der Waals surface area contributed by atoms with Crippen molar-refractivity contribution < 1.29 is 9.53 Å². The molecule has 0 bridgehead atoms. The molecule has 0 atom stereocenters. The summed E-state index contributed by atoms with van der Waals surface area (Å²) in [5, 5.41) is 11.3. The molecule has 2 aromatic rings. The normalized spacial score (nSPS) is 9.67. The predicted octanol–water partition coefficient (Wildman–Crippen LogP) is 3.32. The quantitative estimate of drug-likeness (QED) is 0.831. The summed E-state index contributed by atoms with van der Waals surface area (Å²) in [5.41, 5.74) is 0.657. The lowest BCUT2D eigenvalue weighted by Crippen LogP contribution is -2.14. The first-order valence-corrected chi connectivity index (χ1v) is 7.34. The number of nitrogens with one attached hydrogen (secondary N) is 1. The molecule has 106 valence electrons. The second kappa shape index (κ2) is 7.98. The van der Waals surface area contributed by atoms with E-state index in [2.05, 4.69) is 5.32 Å². The molecule has 5 heteroatoms. The van der Waals surface area contributed by atoms with Crippen LogP contribution in [0.4, 0.5) is 5.69 Å². The van der Waals surface area contributed by atoms with Crippen molar-refractivity contribution in [1.29, 1.82) is 5.26 Å². The van der Waals surface area contributed by atoms with E-state index in [1.54, 1.807) is 24.3 Å². The molecule has 0 aromatic heterocycles. The van der Waals surface area contributed by atoms with Crippen LogP contribution in [0.5, 0.6) is 5.75 Å². The molecule has 0 unspecified atom stereocenters. The summed E-state index contributed by atoms with van der Waals surface area (Å²) in [6, 6.07) is 18.6. The molecule has 4 nitrogen and oxygen atoms in total. The Kier molecular flexibility index (Phi) is 5.68. The van der Waals surface area contributed by atoms with Gasteiger partial charge in [-0.3, -0.25) is 4.79 Å². The van der Waals surface area contributed by atoms with E-state index in [-0.39, 0.29) is 12.5 Å². The lowest BCUT2D eigenvalue weighted by Gasteiger charge is -2.07. The van der Waals surface area contributed by atoms with E-state index in [1.807, 2.05) is 36.4 Å². The molecule has 1 amide bonds. The monoisotopic (exact) mass is 298 g/mol. The van der Waals surface area contributed by atoms with Crippen molar-refractivity contribution >= 4 is 23.4 Å². The molecule has 0 radical (unpaired) electrons. The maximum atomic E-state index is 11.9. The van der Waals surface area contributed by atoms with Crippen molar-refractivity contribution in [2.45, 2.75) is 4.90 Å². The molecule has 0 fully saturated rings. The van der Waals surface area contributed by atoms with Gasteiger partial charge in [0, 0.05) is 16.6 Å². The number of carbonyl (C=O) groups excluding carboxylic acids is 1. The second-order valence-electron chi connectivity index (χ2n) is 4.12. The van der Waals surface area contributed by atoms with Crippen LogP contribution in [0.15, 0.2) is 59.5 Å². The molecule has 0 spiro atoms. The lowest BCUT2D eigenvalue weighted by atomic mass is 10.3. The second-order valence-corrected chi connectivity index (χ2v) is 5.17. The Morgan fingerprint density at radius 3 is 2.76 bits per heavy atom. The highest BCUT2D eigenvalue weighted by atomic mass is 32.2. The average Bonchev–Trinajstić information content (AvgIpc) is 2.52. The van der Waals surface area contributed by atoms with Crippen molar-refractivity contribution in [2.24, 2.45) is 0 Å². The minimum atomic E-state index is -0.0821. The van der Waals surface area contributed by atoms with Gasteiger partial charge in [-0.2, -0.15) is 5.26 Å². The number of rotatable bonds is 6. The maximum absolute atomic E-state index is 11.9. The van der Waals surface area contributed by atoms with Gasteiger partial charge in [-0.25, -0.2) is 0 Å². The Morgan fingerprint density at radius 2 is 2.00 bits per heavy atom. The Labute approximate surface area is 127 Å². The highest BCUT2D eigenvalue weighted by Gasteiger charge is 2.04. The van der Waals surface area contributed by atoms with Gasteiger partial charge in [-0.05, 0) is 24.3 Å². The molecule has 0 saturated heterocycles. The summed E-state index contributed by atoms with van der Waals surface area (Å²) in [4.78, 5) is 12.9. The van der Waals surface area contributed by atoms with Gasteiger partial charge in [-0.1, -0.05) is 24.3 Å². The Bertz CT molecular complexity index is 638. The summed E-state index contributed by atoms with van der Waals surface area (Å²) in [6.07, 6.45) is 0. The van der Waals surface area contributed by atoms with E-state index in [0.29, 0.717) is 17.2 Å². The SMILES string of the molecule is N#CCOc1cccc(NC(=O)CSc2ccccc2)c1. The highest BCUT2D eigenvalue weighted by Crippen LogP contribution is 2.19. The maximum Gasteiger partial charge on any atom is 0.234 e. The largest absolute Gasteiger partial charge is 0.479 e. The van der Waals surface area contributed by atoms with Gasteiger partial charge < -0.3 is 10.1 Å². The first-order chi connectivity index (χ1) is 10.3. The van der Waals surface area contributed by atoms with Crippen LogP contribution in [0.3, 0.4) is 0 Å². The zero-order chi connectivity index (χ0) is 14.9. The molecule has 1 N–H and O–H groups in total. The molecule has 0 aliphatic heterocycles. The zero-order valence-corrected chi connectivity index (χ0v) is 12.1. The summed E-state index contributed by atoms with van der Waals surface area (Å²) >= 11 is 1.48. The van der Waals surface area contributed by atoms with Crippen LogP contribution in [0.1, 0.15) is 0 Å². The molecule has 0 aliphatic carbocycles. The van der Waals surface area contributed by atoms with Crippen LogP contribution in [-0.2, 0) is 4.79 Å². The van der Waals surface area contributed by atoms with Crippen LogP contribution in [0, 0.1) is 11.3 Å². The molecule has 2 aromatic carbocycles. The summed E-state index contributed by atoms with van der Waals surface area (Å²) < 4.78 is 5.19. The summed E-state index contributed by atoms with van der Waals surface area (Å²) in [5.74, 6) is 0.819. The lowest BCUT2D eigenvalue weighted by molar-refractivity contribution is -0.113. The third-order valence-electron chi connectivity index (χ3n) is 2.53. The van der Waals surface area contributed by atoms with Gasteiger partial charge in [0.15, 0.2) is 6.61 Å². The number of hydrogen-bond acceptors (Lipinski definition) is 4. The number of thioether (sulfide) groups is 1. The van der Waals surface area contributed by atoms with E-state index >= 15 is 0 Å². The number of nitriles is 1. The number of amides is 1. The number of anilines is 1. The first kappa shape index (κ1) is 14.9. The van der Waals surface area contributed by atoms with Crippen molar-refractivity contribution in [2.75, 3.05) is 17.7 Å². The molecular weight excluding hydrogens is 284 g/mol. The number of nitrogens with zero attached hydrogens (tertiary/aromatic N) is 1. The van der Waals surface area contributed by atoms with Crippen LogP contribution < -0.4 is 10.1 Å². The molecule has 0 saturated carbocycles. The van der Waals surface area contributed by atoms with Crippen molar-refractivity contribution in [3.63, 3.8) is 0 Å². The minimum Gasteiger partial charge on any atom is -0.479 e. The summed E-state index contributed by atoms with van der Waals surface area (Å²) in [7, 11) is 0. The van der Waals surface area contributed by atoms with Crippen LogP contribution >= 0.6 is 11.8 Å². The minimum absolute atomic E-state index is 0.0126. The number of benzene rings is 2. The van der Waals surface area contributed by atoms with E-state index in [4.69, 9.17) is 10.00 Å². The van der Waals surface area contributed by atoms with Crippen molar-refractivity contribution in [1.82, 2.24) is 0 Å². The fourth-order valence-corrected chi connectivity index (χ4v) is 2.36. The molecular formula is C16H14N2O2S. The fraction of sp³-hybridized carbons (Fsp3) is 0.125. The van der Waals surface area contributed by atoms with E-state index in [1.165, 1.54) is 11.8 Å². The highest BCUT2D eigenvalue weighted by molar-refractivity contribution is 8.00. The van der Waals surface area contributed by atoms with E-state index in [9.17, 15) is 4.79 Å². The fourth-order valence-electron chi connectivity index (χ4n) is 1.64. The van der Waals surface area contributed by atoms with Gasteiger partial charge >= 0.3 is 0 Å². The standard InChI is InChI=1S/C16H14N2O2S/c17-9-10-20-14-6-4-5-13(11-14)18-16(19)12-21-15-7-2-1-3-8-15/h1-8,11H,10,12H2,(H,18,19). The van der Waals surface area contributed by atoms with Crippen LogP contribution in [0.2, 0.25) is 0 Å². The van der Waals surface area contributed by atoms with Crippen molar-refractivity contribution in [3.8, 4) is 11.8 Å². The van der Waals surface area contributed by atoms with E-state index < -0.39 is 0 Å². The topological polar surface area (TPSA) is 62.1 Å². The number of hydrogen-bond donors (Lipinski definition) is 1. The van der Waals surface area contributed by atoms with Gasteiger partial charge in [-0.15, -0.1) is 11.8 Å². The Morgan fingerprint density at radius 1 is 1.19 bits per heavy atom. The Balaban J connectivity index is 1.86. The van der Waals surface area contributed by atoms with Crippen molar-refractivity contribution in [3.05, 3.63) is 54.6 Å². The van der Waals surface area contributed by atoms with Gasteiger partial charge in [0.2, 0.25) is 5.91 Å². The third-order valence-corrected chi connectivity index (χ3v) is 3.55. The third kappa shape index (κ3) is 5.21. The molecule has 0 heterocycles. The molecule has 2 rings (SSSR count). The number of ether oxygens (including phenoxy) is 1. The summed E-state index contributed by atoms with van der Waals surface area (Å²) in [6.45, 7) is -0.0126. The average molecular weight is 298 g/mol. The van der Waals surface area contributed by atoms with Gasteiger partial charge in [0.05, 0.1) is 5.75 Å². The van der Waals surface area contributed by atoms with E-state index in [0.717, 1.165) is 4.90 Å². The predicted molar refractivity (Wildman–Crippen MR) is 83.3 cm³/mol. The Hall–Kier alpha value is -2.45.